The van der Waals surface area contributed by atoms with Gasteiger partial charge >= 0.3 is 11.9 Å². The summed E-state index contributed by atoms with van der Waals surface area (Å²) in [4.78, 5) is 23.5. The molecular weight excluding hydrogens is 374 g/mol. The fourth-order valence-electron chi connectivity index (χ4n) is 2.63. The van der Waals surface area contributed by atoms with Crippen molar-refractivity contribution in [3.05, 3.63) is 60.7 Å². The highest BCUT2D eigenvalue weighted by molar-refractivity contribution is 5.90. The fraction of sp³-hybridized carbons (Fsp3) is 0.190. The third kappa shape index (κ3) is 7.02. The van der Waals surface area contributed by atoms with Crippen molar-refractivity contribution in [3.8, 4) is 16.9 Å². The van der Waals surface area contributed by atoms with E-state index < -0.39 is 11.9 Å². The third-order valence-corrected chi connectivity index (χ3v) is 3.88. The maximum absolute atomic E-state index is 9.55. The third-order valence-electron chi connectivity index (χ3n) is 3.88. The standard InChI is InChI=1S/C17H19N3O.C4H4O4/c1-21-16-9-5-3-7-14(16)13-6-2-4-8-15(13)20-12-17-18-10-11-19-17;5-3(6)1-2-4(7)8/h2-9,20H,10-12H2,1H3,(H,18,19);1-2H,(H,5,6)(H,7,8)/b;2-1+. The lowest BCUT2D eigenvalue weighted by Crippen LogP contribution is -2.26. The predicted octanol–water partition coefficient (Wildman–Crippen LogP) is 2.49. The van der Waals surface area contributed by atoms with Crippen LogP contribution in [-0.4, -0.2) is 54.7 Å². The van der Waals surface area contributed by atoms with Crippen LogP contribution >= 0.6 is 0 Å². The number of benzene rings is 2. The van der Waals surface area contributed by atoms with Gasteiger partial charge in [-0.25, -0.2) is 9.59 Å². The van der Waals surface area contributed by atoms with Crippen molar-refractivity contribution in [2.24, 2.45) is 4.99 Å². The minimum absolute atomic E-state index is 0.558. The number of carboxylic acids is 2. The largest absolute Gasteiger partial charge is 0.496 e. The van der Waals surface area contributed by atoms with Crippen molar-refractivity contribution in [3.63, 3.8) is 0 Å². The average molecular weight is 397 g/mol. The van der Waals surface area contributed by atoms with E-state index in [1.165, 1.54) is 0 Å². The normalized spacial score (nSPS) is 12.4. The van der Waals surface area contributed by atoms with E-state index in [0.717, 1.165) is 41.5 Å². The lowest BCUT2D eigenvalue weighted by molar-refractivity contribution is -0.134. The van der Waals surface area contributed by atoms with Gasteiger partial charge in [0, 0.05) is 35.5 Å². The van der Waals surface area contributed by atoms with E-state index in [-0.39, 0.29) is 0 Å². The summed E-state index contributed by atoms with van der Waals surface area (Å²) in [6.45, 7) is 2.52. The maximum Gasteiger partial charge on any atom is 0.328 e. The van der Waals surface area contributed by atoms with E-state index in [2.05, 4.69) is 33.8 Å². The molecule has 0 saturated carbocycles. The van der Waals surface area contributed by atoms with Gasteiger partial charge in [0.25, 0.3) is 0 Å². The lowest BCUT2D eigenvalue weighted by Gasteiger charge is -2.14. The smallest absolute Gasteiger partial charge is 0.328 e. The zero-order valence-electron chi connectivity index (χ0n) is 16.0. The van der Waals surface area contributed by atoms with Crippen LogP contribution < -0.4 is 15.4 Å². The molecule has 0 atom stereocenters. The van der Waals surface area contributed by atoms with Gasteiger partial charge < -0.3 is 25.6 Å². The second kappa shape index (κ2) is 11.1. The monoisotopic (exact) mass is 397 g/mol. The lowest BCUT2D eigenvalue weighted by atomic mass is 10.0. The van der Waals surface area contributed by atoms with Crippen LogP contribution in [0.3, 0.4) is 0 Å². The summed E-state index contributed by atoms with van der Waals surface area (Å²) in [6.07, 6.45) is 1.12. The van der Waals surface area contributed by atoms with Crippen LogP contribution in [0, 0.1) is 0 Å². The van der Waals surface area contributed by atoms with Crippen molar-refractivity contribution in [2.75, 3.05) is 32.1 Å². The van der Waals surface area contributed by atoms with Gasteiger partial charge in [-0.3, -0.25) is 4.99 Å². The molecule has 0 aromatic heterocycles. The quantitative estimate of drug-likeness (QED) is 0.530. The molecule has 0 amide bonds. The number of aliphatic carboxylic acids is 2. The van der Waals surface area contributed by atoms with Gasteiger partial charge in [0.05, 0.1) is 20.2 Å². The minimum Gasteiger partial charge on any atom is -0.496 e. The Bertz CT molecular complexity index is 893. The summed E-state index contributed by atoms with van der Waals surface area (Å²) in [5.74, 6) is -0.618. The molecule has 0 saturated heterocycles. The van der Waals surface area contributed by atoms with Gasteiger partial charge in [-0.2, -0.15) is 0 Å². The van der Waals surface area contributed by atoms with Crippen LogP contribution in [0.2, 0.25) is 0 Å². The Morgan fingerprint density at radius 3 is 2.28 bits per heavy atom. The minimum atomic E-state index is -1.26. The van der Waals surface area contributed by atoms with E-state index in [9.17, 15) is 9.59 Å². The Morgan fingerprint density at radius 2 is 1.69 bits per heavy atom. The number of nitrogens with zero attached hydrogens (tertiary/aromatic N) is 1. The molecule has 0 bridgehead atoms. The van der Waals surface area contributed by atoms with Crippen LogP contribution in [0.1, 0.15) is 0 Å². The number of anilines is 1. The molecule has 0 fully saturated rings. The van der Waals surface area contributed by atoms with Crippen molar-refractivity contribution < 1.29 is 24.5 Å². The highest BCUT2D eigenvalue weighted by atomic mass is 16.5. The Balaban J connectivity index is 0.000000321. The van der Waals surface area contributed by atoms with Crippen LogP contribution in [0.4, 0.5) is 5.69 Å². The zero-order valence-corrected chi connectivity index (χ0v) is 16.0. The summed E-state index contributed by atoms with van der Waals surface area (Å²) in [6, 6.07) is 16.3. The first-order valence-corrected chi connectivity index (χ1v) is 8.88. The number of nitrogens with one attached hydrogen (secondary N) is 2. The van der Waals surface area contributed by atoms with Gasteiger partial charge in [-0.15, -0.1) is 0 Å². The molecular formula is C21H23N3O5. The number of rotatable bonds is 7. The van der Waals surface area contributed by atoms with Crippen LogP contribution in [-0.2, 0) is 9.59 Å². The van der Waals surface area contributed by atoms with Crippen molar-refractivity contribution in [2.45, 2.75) is 0 Å². The van der Waals surface area contributed by atoms with Gasteiger partial charge in [0.1, 0.15) is 11.6 Å². The Morgan fingerprint density at radius 1 is 1.07 bits per heavy atom. The molecule has 1 heterocycles. The zero-order chi connectivity index (χ0) is 21.1. The highest BCUT2D eigenvalue weighted by Gasteiger charge is 2.10. The van der Waals surface area contributed by atoms with Crippen LogP contribution in [0.15, 0.2) is 65.7 Å². The molecule has 29 heavy (non-hydrogen) atoms. The number of hydrogen-bond acceptors (Lipinski definition) is 6. The predicted molar refractivity (Wildman–Crippen MR) is 112 cm³/mol. The first kappa shape index (κ1) is 21.5. The maximum atomic E-state index is 9.55. The molecule has 1 aliphatic rings. The molecule has 152 valence electrons. The SMILES string of the molecule is COc1ccccc1-c1ccccc1NCC1=NCCN1.O=C(O)/C=C/C(=O)O. The summed E-state index contributed by atoms with van der Waals surface area (Å²) >= 11 is 0. The molecule has 0 aliphatic carbocycles. The molecule has 2 aromatic rings. The molecule has 1 aliphatic heterocycles. The number of methoxy groups -OCH3 is 1. The number of amidine groups is 1. The van der Waals surface area contributed by atoms with Gasteiger partial charge in [-0.1, -0.05) is 36.4 Å². The number of carbonyl (C=O) groups is 2. The van der Waals surface area contributed by atoms with Gasteiger partial charge in [-0.05, 0) is 12.1 Å². The number of para-hydroxylation sites is 2. The summed E-state index contributed by atoms with van der Waals surface area (Å²) < 4.78 is 5.47. The van der Waals surface area contributed by atoms with Gasteiger partial charge in [0.15, 0.2) is 0 Å². The van der Waals surface area contributed by atoms with E-state index in [4.69, 9.17) is 14.9 Å². The average Bonchev–Trinajstić information content (AvgIpc) is 3.25. The molecule has 0 unspecified atom stereocenters. The number of ether oxygens (including phenoxy) is 1. The topological polar surface area (TPSA) is 120 Å². The molecule has 8 nitrogen and oxygen atoms in total. The molecule has 8 heteroatoms. The van der Waals surface area contributed by atoms with Crippen molar-refractivity contribution >= 4 is 23.5 Å². The second-order valence-corrected chi connectivity index (χ2v) is 5.86. The molecule has 0 spiro atoms. The number of aliphatic imine (C=N–C) groups is 1. The summed E-state index contributed by atoms with van der Waals surface area (Å²) in [5.41, 5.74) is 3.30. The molecule has 3 rings (SSSR count). The molecule has 2 aromatic carbocycles. The van der Waals surface area contributed by atoms with Crippen LogP contribution in [0.5, 0.6) is 5.75 Å². The van der Waals surface area contributed by atoms with E-state index >= 15 is 0 Å². The van der Waals surface area contributed by atoms with Gasteiger partial charge in [0.2, 0.25) is 0 Å². The highest BCUT2D eigenvalue weighted by Crippen LogP contribution is 2.34. The van der Waals surface area contributed by atoms with Crippen LogP contribution in [0.25, 0.3) is 11.1 Å². The van der Waals surface area contributed by atoms with E-state index in [1.54, 1.807) is 7.11 Å². The first-order chi connectivity index (χ1) is 14.0. The molecule has 0 radical (unpaired) electrons. The first-order valence-electron chi connectivity index (χ1n) is 8.88. The second-order valence-electron chi connectivity index (χ2n) is 5.86. The van der Waals surface area contributed by atoms with E-state index in [0.29, 0.717) is 18.7 Å². The fourth-order valence-corrected chi connectivity index (χ4v) is 2.63. The van der Waals surface area contributed by atoms with Crippen molar-refractivity contribution in [1.82, 2.24) is 5.32 Å². The Labute approximate surface area is 168 Å². The van der Waals surface area contributed by atoms with E-state index in [1.807, 2.05) is 30.3 Å². The van der Waals surface area contributed by atoms with Crippen molar-refractivity contribution in [1.29, 1.82) is 0 Å². The summed E-state index contributed by atoms with van der Waals surface area (Å²) in [5, 5.41) is 22.4. The number of carboxylic acid groups (broad SMARTS) is 2. The Hall–Kier alpha value is -3.81. The Kier molecular flexibility index (Phi) is 8.25. The molecule has 4 N–H and O–H groups in total. The summed E-state index contributed by atoms with van der Waals surface area (Å²) in [7, 11) is 1.70. The number of hydrogen-bond donors (Lipinski definition) is 4.